The van der Waals surface area contributed by atoms with Crippen LogP contribution in [0, 0.1) is 5.41 Å². The van der Waals surface area contributed by atoms with Crippen molar-refractivity contribution in [1.82, 2.24) is 4.98 Å². The standard InChI is InChI=1S/C15H24N2O/c1-15(2)9-4-6-12(8-10-15)17-13-7-5-11-16-14(13)18-3/h5,7,11-12,17H,4,6,8-10H2,1-3H3. The van der Waals surface area contributed by atoms with Gasteiger partial charge in [0.15, 0.2) is 0 Å². The van der Waals surface area contributed by atoms with E-state index in [4.69, 9.17) is 4.74 Å². The first-order valence-corrected chi connectivity index (χ1v) is 6.86. The van der Waals surface area contributed by atoms with Crippen molar-refractivity contribution < 1.29 is 4.74 Å². The molecule has 0 amide bonds. The summed E-state index contributed by atoms with van der Waals surface area (Å²) in [4.78, 5) is 4.23. The Morgan fingerprint density at radius 2 is 2.17 bits per heavy atom. The molecule has 0 aromatic carbocycles. The molecule has 1 N–H and O–H groups in total. The van der Waals surface area contributed by atoms with Crippen molar-refractivity contribution >= 4 is 5.69 Å². The van der Waals surface area contributed by atoms with Gasteiger partial charge in [-0.05, 0) is 43.2 Å². The Hall–Kier alpha value is -1.25. The molecular weight excluding hydrogens is 224 g/mol. The summed E-state index contributed by atoms with van der Waals surface area (Å²) < 4.78 is 5.29. The Kier molecular flexibility index (Phi) is 4.10. The van der Waals surface area contributed by atoms with E-state index in [0.717, 1.165) is 5.69 Å². The fourth-order valence-electron chi connectivity index (χ4n) is 2.69. The van der Waals surface area contributed by atoms with Crippen molar-refractivity contribution in [2.24, 2.45) is 5.41 Å². The second-order valence-electron chi connectivity index (χ2n) is 6.00. The van der Waals surface area contributed by atoms with Crippen LogP contribution in [0.1, 0.15) is 46.0 Å². The molecule has 3 nitrogen and oxygen atoms in total. The lowest BCUT2D eigenvalue weighted by Crippen LogP contribution is -2.19. The second-order valence-corrected chi connectivity index (χ2v) is 6.00. The molecule has 1 aromatic heterocycles. The molecular formula is C15H24N2O. The summed E-state index contributed by atoms with van der Waals surface area (Å²) in [7, 11) is 1.67. The van der Waals surface area contributed by atoms with E-state index in [1.54, 1.807) is 13.3 Å². The lowest BCUT2D eigenvalue weighted by molar-refractivity contribution is 0.313. The zero-order valence-electron chi connectivity index (χ0n) is 11.7. The fourth-order valence-corrected chi connectivity index (χ4v) is 2.69. The van der Waals surface area contributed by atoms with E-state index in [-0.39, 0.29) is 0 Å². The van der Waals surface area contributed by atoms with Crippen molar-refractivity contribution in [3.63, 3.8) is 0 Å². The highest BCUT2D eigenvalue weighted by molar-refractivity contribution is 5.52. The van der Waals surface area contributed by atoms with Crippen LogP contribution in [0.5, 0.6) is 5.88 Å². The van der Waals surface area contributed by atoms with Gasteiger partial charge in [-0.3, -0.25) is 0 Å². The summed E-state index contributed by atoms with van der Waals surface area (Å²) in [6.45, 7) is 4.75. The third-order valence-electron chi connectivity index (χ3n) is 3.90. The summed E-state index contributed by atoms with van der Waals surface area (Å²) in [5.41, 5.74) is 1.51. The normalized spacial score (nSPS) is 23.2. The molecule has 1 aromatic rings. The van der Waals surface area contributed by atoms with Crippen LogP contribution in [0.4, 0.5) is 5.69 Å². The third kappa shape index (κ3) is 3.37. The summed E-state index contributed by atoms with van der Waals surface area (Å²) in [6.07, 6.45) is 8.14. The van der Waals surface area contributed by atoms with E-state index in [0.29, 0.717) is 17.3 Å². The van der Waals surface area contributed by atoms with E-state index in [9.17, 15) is 0 Å². The molecule has 1 saturated carbocycles. The maximum atomic E-state index is 5.29. The molecule has 2 rings (SSSR count). The van der Waals surface area contributed by atoms with Gasteiger partial charge in [0.05, 0.1) is 12.8 Å². The Morgan fingerprint density at radius 1 is 1.33 bits per heavy atom. The number of nitrogens with zero attached hydrogens (tertiary/aromatic N) is 1. The molecule has 0 bridgehead atoms. The minimum Gasteiger partial charge on any atom is -0.480 e. The molecule has 1 aliphatic carbocycles. The van der Waals surface area contributed by atoms with Gasteiger partial charge in [0.25, 0.3) is 0 Å². The Balaban J connectivity index is 2.01. The number of methoxy groups -OCH3 is 1. The molecule has 0 aliphatic heterocycles. The maximum Gasteiger partial charge on any atom is 0.237 e. The lowest BCUT2D eigenvalue weighted by atomic mass is 9.85. The van der Waals surface area contributed by atoms with E-state index >= 15 is 0 Å². The number of rotatable bonds is 3. The molecule has 1 fully saturated rings. The first-order chi connectivity index (χ1) is 8.61. The first kappa shape index (κ1) is 13.2. The highest BCUT2D eigenvalue weighted by Gasteiger charge is 2.24. The lowest BCUT2D eigenvalue weighted by Gasteiger charge is -2.22. The van der Waals surface area contributed by atoms with Crippen molar-refractivity contribution in [3.8, 4) is 5.88 Å². The highest BCUT2D eigenvalue weighted by atomic mass is 16.5. The number of pyridine rings is 1. The van der Waals surface area contributed by atoms with Gasteiger partial charge in [-0.1, -0.05) is 20.3 Å². The molecule has 0 radical (unpaired) electrons. The largest absolute Gasteiger partial charge is 0.480 e. The van der Waals surface area contributed by atoms with E-state index in [2.05, 4.69) is 24.1 Å². The Morgan fingerprint density at radius 3 is 2.94 bits per heavy atom. The number of ether oxygens (including phenoxy) is 1. The Labute approximate surface area is 110 Å². The third-order valence-corrected chi connectivity index (χ3v) is 3.90. The molecule has 18 heavy (non-hydrogen) atoms. The van der Waals surface area contributed by atoms with Crippen molar-refractivity contribution in [2.75, 3.05) is 12.4 Å². The number of nitrogens with one attached hydrogen (secondary N) is 1. The summed E-state index contributed by atoms with van der Waals surface area (Å²) >= 11 is 0. The molecule has 100 valence electrons. The van der Waals surface area contributed by atoms with Gasteiger partial charge >= 0.3 is 0 Å². The zero-order valence-corrected chi connectivity index (χ0v) is 11.7. The Bertz CT molecular complexity index is 390. The monoisotopic (exact) mass is 248 g/mol. The molecule has 0 spiro atoms. The SMILES string of the molecule is COc1ncccc1NC1CCCC(C)(C)CC1. The van der Waals surface area contributed by atoms with Crippen LogP contribution in [-0.4, -0.2) is 18.1 Å². The summed E-state index contributed by atoms with van der Waals surface area (Å²) in [5, 5.41) is 3.59. The van der Waals surface area contributed by atoms with Crippen LogP contribution in [0.25, 0.3) is 0 Å². The fraction of sp³-hybridized carbons (Fsp3) is 0.667. The molecule has 1 aliphatic rings. The van der Waals surface area contributed by atoms with Crippen LogP contribution in [0.2, 0.25) is 0 Å². The number of aromatic nitrogens is 1. The van der Waals surface area contributed by atoms with Crippen molar-refractivity contribution in [1.29, 1.82) is 0 Å². The van der Waals surface area contributed by atoms with Gasteiger partial charge in [-0.25, -0.2) is 4.98 Å². The van der Waals surface area contributed by atoms with Crippen molar-refractivity contribution in [2.45, 2.75) is 52.0 Å². The predicted molar refractivity (Wildman–Crippen MR) is 75.1 cm³/mol. The number of anilines is 1. The summed E-state index contributed by atoms with van der Waals surface area (Å²) in [6, 6.07) is 4.54. The van der Waals surface area contributed by atoms with Gasteiger partial charge in [0, 0.05) is 12.2 Å². The minimum absolute atomic E-state index is 0.495. The molecule has 1 atom stereocenters. The molecule has 1 unspecified atom stereocenters. The van der Waals surface area contributed by atoms with Gasteiger partial charge < -0.3 is 10.1 Å². The van der Waals surface area contributed by atoms with Gasteiger partial charge in [0.2, 0.25) is 5.88 Å². The molecule has 1 heterocycles. The van der Waals surface area contributed by atoms with Gasteiger partial charge in [0.1, 0.15) is 0 Å². The van der Waals surface area contributed by atoms with Crippen LogP contribution in [-0.2, 0) is 0 Å². The van der Waals surface area contributed by atoms with E-state index in [1.165, 1.54) is 32.1 Å². The first-order valence-electron chi connectivity index (χ1n) is 6.86. The van der Waals surface area contributed by atoms with Crippen LogP contribution in [0.15, 0.2) is 18.3 Å². The molecule has 3 heteroatoms. The predicted octanol–water partition coefficient (Wildman–Crippen LogP) is 3.86. The summed E-state index contributed by atoms with van der Waals surface area (Å²) in [5.74, 6) is 0.695. The van der Waals surface area contributed by atoms with Crippen LogP contribution in [0.3, 0.4) is 0 Å². The zero-order chi connectivity index (χ0) is 13.0. The highest BCUT2D eigenvalue weighted by Crippen LogP contribution is 2.35. The van der Waals surface area contributed by atoms with Crippen LogP contribution >= 0.6 is 0 Å². The minimum atomic E-state index is 0.495. The van der Waals surface area contributed by atoms with Crippen LogP contribution < -0.4 is 10.1 Å². The maximum absolute atomic E-state index is 5.29. The topological polar surface area (TPSA) is 34.1 Å². The van der Waals surface area contributed by atoms with Gasteiger partial charge in [-0.2, -0.15) is 0 Å². The average Bonchev–Trinajstić information content (AvgIpc) is 2.52. The van der Waals surface area contributed by atoms with E-state index < -0.39 is 0 Å². The number of hydrogen-bond acceptors (Lipinski definition) is 3. The molecule has 0 saturated heterocycles. The quantitative estimate of drug-likeness (QED) is 0.825. The van der Waals surface area contributed by atoms with Crippen molar-refractivity contribution in [3.05, 3.63) is 18.3 Å². The number of hydrogen-bond donors (Lipinski definition) is 1. The second kappa shape index (κ2) is 5.59. The van der Waals surface area contributed by atoms with E-state index in [1.807, 2.05) is 12.1 Å². The smallest absolute Gasteiger partial charge is 0.237 e. The van der Waals surface area contributed by atoms with Gasteiger partial charge in [-0.15, -0.1) is 0 Å². The average molecular weight is 248 g/mol.